The molecule has 8 heteroatoms. The number of nitrogens with zero attached hydrogens (tertiary/aromatic N) is 3. The van der Waals surface area contributed by atoms with Crippen LogP contribution in [-0.4, -0.2) is 35.9 Å². The summed E-state index contributed by atoms with van der Waals surface area (Å²) in [5, 5.41) is 8.03. The average molecular weight is 395 g/mol. The molecule has 0 unspecified atom stereocenters. The first-order chi connectivity index (χ1) is 13.4. The Morgan fingerprint density at radius 3 is 2.57 bits per heavy atom. The van der Waals surface area contributed by atoms with Gasteiger partial charge in [-0.25, -0.2) is 9.97 Å². The van der Waals surface area contributed by atoms with Crippen LogP contribution < -0.4 is 15.5 Å². The van der Waals surface area contributed by atoms with Crippen LogP contribution in [0.2, 0.25) is 0 Å². The lowest BCUT2D eigenvalue weighted by atomic mass is 10.1. The summed E-state index contributed by atoms with van der Waals surface area (Å²) in [4.78, 5) is 34.2. The van der Waals surface area contributed by atoms with Crippen molar-refractivity contribution in [2.75, 3.05) is 24.3 Å². The van der Waals surface area contributed by atoms with E-state index in [2.05, 4.69) is 20.6 Å². The maximum absolute atomic E-state index is 12.6. The fraction of sp³-hybridized carbons (Fsp3) is 0.200. The van der Waals surface area contributed by atoms with Crippen LogP contribution in [0.5, 0.6) is 0 Å². The number of hydrogen-bond acceptors (Lipinski definition) is 6. The maximum Gasteiger partial charge on any atom is 0.261 e. The van der Waals surface area contributed by atoms with Crippen LogP contribution in [-0.2, 0) is 11.3 Å². The second kappa shape index (κ2) is 8.62. The van der Waals surface area contributed by atoms with Gasteiger partial charge in [0.1, 0.15) is 5.82 Å². The number of nitrogens with one attached hydrogen (secondary N) is 2. The van der Waals surface area contributed by atoms with Gasteiger partial charge in [-0.2, -0.15) is 0 Å². The molecule has 0 fully saturated rings. The Hall–Kier alpha value is -3.26. The molecule has 0 saturated heterocycles. The molecular weight excluding hydrogens is 374 g/mol. The Morgan fingerprint density at radius 2 is 1.89 bits per heavy atom. The molecule has 144 valence electrons. The van der Waals surface area contributed by atoms with Gasteiger partial charge in [-0.05, 0) is 17.7 Å². The summed E-state index contributed by atoms with van der Waals surface area (Å²) in [6, 6.07) is 11.3. The van der Waals surface area contributed by atoms with Crippen LogP contribution in [0.15, 0.2) is 48.0 Å². The van der Waals surface area contributed by atoms with Gasteiger partial charge in [-0.3, -0.25) is 14.9 Å². The van der Waals surface area contributed by atoms with E-state index in [0.29, 0.717) is 23.1 Å². The first-order valence-electron chi connectivity index (χ1n) is 8.67. The molecule has 0 bridgehead atoms. The molecule has 2 N–H and O–H groups in total. The lowest BCUT2D eigenvalue weighted by Gasteiger charge is -2.14. The average Bonchev–Trinajstić information content (AvgIpc) is 3.15. The minimum absolute atomic E-state index is 0.0602. The number of aromatic nitrogens is 2. The predicted molar refractivity (Wildman–Crippen MR) is 112 cm³/mol. The summed E-state index contributed by atoms with van der Waals surface area (Å²) < 4.78 is 0. The van der Waals surface area contributed by atoms with Gasteiger partial charge in [-0.1, -0.05) is 24.3 Å². The second-order valence-electron chi connectivity index (χ2n) is 6.37. The number of hydrogen-bond donors (Lipinski definition) is 2. The molecule has 3 aromatic rings. The van der Waals surface area contributed by atoms with Gasteiger partial charge in [0, 0.05) is 44.7 Å². The molecular formula is C20H21N5O2S. The summed E-state index contributed by atoms with van der Waals surface area (Å²) in [5.41, 5.74) is 3.23. The van der Waals surface area contributed by atoms with Crippen molar-refractivity contribution in [1.29, 1.82) is 0 Å². The fourth-order valence-corrected chi connectivity index (χ4v) is 3.29. The van der Waals surface area contributed by atoms with Crippen molar-refractivity contribution in [1.82, 2.24) is 15.3 Å². The summed E-state index contributed by atoms with van der Waals surface area (Å²) in [6.07, 6.45) is 1.66. The molecule has 1 aromatic carbocycles. The van der Waals surface area contributed by atoms with Gasteiger partial charge < -0.3 is 10.2 Å². The summed E-state index contributed by atoms with van der Waals surface area (Å²) >= 11 is 1.37. The summed E-state index contributed by atoms with van der Waals surface area (Å²) in [5.74, 6) is 0.296. The summed E-state index contributed by atoms with van der Waals surface area (Å²) in [7, 11) is 3.69. The van der Waals surface area contributed by atoms with Crippen LogP contribution >= 0.6 is 11.3 Å². The number of pyridine rings is 1. The van der Waals surface area contributed by atoms with Crippen molar-refractivity contribution in [3.05, 3.63) is 59.1 Å². The Labute approximate surface area is 167 Å². The van der Waals surface area contributed by atoms with E-state index in [4.69, 9.17) is 0 Å². The van der Waals surface area contributed by atoms with E-state index in [0.717, 1.165) is 16.8 Å². The zero-order chi connectivity index (χ0) is 20.1. The molecule has 0 atom stereocenters. The van der Waals surface area contributed by atoms with E-state index in [1.807, 2.05) is 43.7 Å². The zero-order valence-corrected chi connectivity index (χ0v) is 16.7. The molecule has 0 spiro atoms. The molecule has 3 rings (SSSR count). The molecule has 0 aliphatic heterocycles. The Balaban J connectivity index is 1.71. The quantitative estimate of drug-likeness (QED) is 0.669. The van der Waals surface area contributed by atoms with Gasteiger partial charge in [0.2, 0.25) is 5.91 Å². The predicted octanol–water partition coefficient (Wildman–Crippen LogP) is 3.16. The Kier molecular flexibility index (Phi) is 6.00. The number of anilines is 2. The van der Waals surface area contributed by atoms with E-state index in [9.17, 15) is 9.59 Å². The van der Waals surface area contributed by atoms with Crippen LogP contribution in [0.3, 0.4) is 0 Å². The van der Waals surface area contributed by atoms with Crippen LogP contribution in [0.4, 0.5) is 10.9 Å². The van der Waals surface area contributed by atoms with E-state index < -0.39 is 0 Å². The Morgan fingerprint density at radius 1 is 1.14 bits per heavy atom. The molecule has 0 saturated carbocycles. The standard InChI is InChI=1S/C20H21N5O2S/c1-13(26)22-11-14-6-8-15(9-7-14)17-12-28-20(23-17)24-19(27)16-5-4-10-21-18(16)25(2)3/h4-10,12H,11H2,1-3H3,(H,22,26)(H,23,24,27). The van der Waals surface area contributed by atoms with Gasteiger partial charge >= 0.3 is 0 Å². The molecule has 0 radical (unpaired) electrons. The monoisotopic (exact) mass is 395 g/mol. The van der Waals surface area contributed by atoms with Crippen LogP contribution in [0.25, 0.3) is 11.3 Å². The van der Waals surface area contributed by atoms with Crippen LogP contribution in [0.1, 0.15) is 22.8 Å². The van der Waals surface area contributed by atoms with E-state index >= 15 is 0 Å². The lowest BCUT2D eigenvalue weighted by molar-refractivity contribution is -0.119. The third-order valence-electron chi connectivity index (χ3n) is 3.97. The van der Waals surface area contributed by atoms with Crippen LogP contribution in [0, 0.1) is 0 Å². The van der Waals surface area contributed by atoms with Crippen molar-refractivity contribution in [3.63, 3.8) is 0 Å². The number of carbonyl (C=O) groups excluding carboxylic acids is 2. The third kappa shape index (κ3) is 4.72. The number of benzene rings is 1. The van der Waals surface area contributed by atoms with E-state index in [-0.39, 0.29) is 11.8 Å². The first kappa shape index (κ1) is 19.5. The number of amides is 2. The number of carbonyl (C=O) groups is 2. The summed E-state index contributed by atoms with van der Waals surface area (Å²) in [6.45, 7) is 1.99. The topological polar surface area (TPSA) is 87.2 Å². The minimum atomic E-state index is -0.247. The molecule has 7 nitrogen and oxygen atoms in total. The van der Waals surface area contributed by atoms with E-state index in [1.54, 1.807) is 23.2 Å². The fourth-order valence-electron chi connectivity index (χ4n) is 2.58. The first-order valence-corrected chi connectivity index (χ1v) is 9.55. The lowest BCUT2D eigenvalue weighted by Crippen LogP contribution is -2.19. The molecule has 0 aliphatic rings. The second-order valence-corrected chi connectivity index (χ2v) is 7.23. The normalized spacial score (nSPS) is 10.4. The number of thiazole rings is 1. The molecule has 0 aliphatic carbocycles. The highest BCUT2D eigenvalue weighted by molar-refractivity contribution is 7.14. The van der Waals surface area contributed by atoms with Crippen molar-refractivity contribution >= 4 is 34.1 Å². The van der Waals surface area contributed by atoms with Gasteiger partial charge in [-0.15, -0.1) is 11.3 Å². The highest BCUT2D eigenvalue weighted by atomic mass is 32.1. The molecule has 2 amide bonds. The van der Waals surface area contributed by atoms with Gasteiger partial charge in [0.05, 0.1) is 11.3 Å². The van der Waals surface area contributed by atoms with Crippen molar-refractivity contribution in [2.45, 2.75) is 13.5 Å². The zero-order valence-electron chi connectivity index (χ0n) is 15.9. The van der Waals surface area contributed by atoms with Crippen molar-refractivity contribution < 1.29 is 9.59 Å². The highest BCUT2D eigenvalue weighted by Gasteiger charge is 2.15. The maximum atomic E-state index is 12.6. The minimum Gasteiger partial charge on any atom is -0.362 e. The number of rotatable bonds is 6. The molecule has 2 heterocycles. The smallest absolute Gasteiger partial charge is 0.261 e. The SMILES string of the molecule is CC(=O)NCc1ccc(-c2csc(NC(=O)c3cccnc3N(C)C)n2)cc1. The van der Waals surface area contributed by atoms with Gasteiger partial charge in [0.15, 0.2) is 5.13 Å². The van der Waals surface area contributed by atoms with E-state index in [1.165, 1.54) is 18.3 Å². The third-order valence-corrected chi connectivity index (χ3v) is 4.73. The molecule has 2 aromatic heterocycles. The highest BCUT2D eigenvalue weighted by Crippen LogP contribution is 2.26. The largest absolute Gasteiger partial charge is 0.362 e. The molecule has 28 heavy (non-hydrogen) atoms. The van der Waals surface area contributed by atoms with Crippen molar-refractivity contribution in [3.8, 4) is 11.3 Å². The Bertz CT molecular complexity index is 982. The van der Waals surface area contributed by atoms with Gasteiger partial charge in [0.25, 0.3) is 5.91 Å². The van der Waals surface area contributed by atoms with Crippen molar-refractivity contribution in [2.24, 2.45) is 0 Å².